The molecule has 0 bridgehead atoms. The Morgan fingerprint density at radius 1 is 1.25 bits per heavy atom. The van der Waals surface area contributed by atoms with Crippen molar-refractivity contribution in [3.8, 4) is 10.8 Å². The van der Waals surface area contributed by atoms with Crippen LogP contribution in [0.4, 0.5) is 8.78 Å². The summed E-state index contributed by atoms with van der Waals surface area (Å²) >= 11 is 1.42. The van der Waals surface area contributed by atoms with Crippen LogP contribution in [-0.2, 0) is 0 Å². The van der Waals surface area contributed by atoms with Gasteiger partial charge in [-0.3, -0.25) is 19.9 Å². The van der Waals surface area contributed by atoms with E-state index < -0.39 is 12.3 Å². The third kappa shape index (κ3) is 3.22. The van der Waals surface area contributed by atoms with Crippen LogP contribution < -0.4 is 5.43 Å². The number of hydrogen-bond donors (Lipinski definition) is 1. The van der Waals surface area contributed by atoms with Crippen LogP contribution >= 0.6 is 11.3 Å². The first-order valence-corrected chi connectivity index (χ1v) is 9.13. The van der Waals surface area contributed by atoms with E-state index in [1.807, 2.05) is 12.3 Å². The van der Waals surface area contributed by atoms with Gasteiger partial charge in [0.2, 0.25) is 0 Å². The minimum absolute atomic E-state index is 0.139. The number of nitrogens with one attached hydrogen (secondary N) is 1. The first-order chi connectivity index (χ1) is 13.4. The maximum Gasteiger partial charge on any atom is 0.273 e. The fourth-order valence-electron chi connectivity index (χ4n) is 2.75. The van der Waals surface area contributed by atoms with Crippen molar-refractivity contribution in [2.24, 2.45) is 0 Å². The number of nitrogens with zero attached hydrogens (tertiary/aromatic N) is 5. The second-order valence-corrected chi connectivity index (χ2v) is 6.91. The SMILES string of the molecule is Cc1csc(-c2ncc(C(=O)Nn3cc(C(F)F)c4ncccc43)c(C)n2)n1. The Morgan fingerprint density at radius 3 is 2.75 bits per heavy atom. The molecule has 0 unspecified atom stereocenters. The fraction of sp³-hybridized carbons (Fsp3) is 0.167. The minimum atomic E-state index is -2.71. The van der Waals surface area contributed by atoms with E-state index >= 15 is 0 Å². The monoisotopic (exact) mass is 400 g/mol. The Kier molecular flexibility index (Phi) is 4.55. The summed E-state index contributed by atoms with van der Waals surface area (Å²) in [6.07, 6.45) is 1.30. The lowest BCUT2D eigenvalue weighted by atomic mass is 10.2. The summed E-state index contributed by atoms with van der Waals surface area (Å²) < 4.78 is 27.7. The molecule has 0 aliphatic rings. The summed E-state index contributed by atoms with van der Waals surface area (Å²) in [6.45, 7) is 3.55. The summed E-state index contributed by atoms with van der Waals surface area (Å²) in [5.74, 6) is -0.0799. The summed E-state index contributed by atoms with van der Waals surface area (Å²) in [5, 5.41) is 2.55. The number of amides is 1. The third-order valence-corrected chi connectivity index (χ3v) is 5.04. The smallest absolute Gasteiger partial charge is 0.267 e. The third-order valence-electron chi connectivity index (χ3n) is 4.08. The van der Waals surface area contributed by atoms with E-state index in [1.165, 1.54) is 34.6 Å². The number of pyridine rings is 1. The van der Waals surface area contributed by atoms with Crippen molar-refractivity contribution in [1.82, 2.24) is 24.6 Å². The molecule has 7 nitrogen and oxygen atoms in total. The molecule has 10 heteroatoms. The highest BCUT2D eigenvalue weighted by atomic mass is 32.1. The number of halogens is 2. The Bertz CT molecular complexity index is 1190. The maximum atomic E-state index is 13.3. The number of alkyl halides is 2. The first-order valence-electron chi connectivity index (χ1n) is 8.25. The summed E-state index contributed by atoms with van der Waals surface area (Å²) in [4.78, 5) is 29.6. The van der Waals surface area contributed by atoms with Crippen LogP contribution in [0.1, 0.15) is 33.7 Å². The van der Waals surface area contributed by atoms with E-state index in [0.717, 1.165) is 5.69 Å². The summed E-state index contributed by atoms with van der Waals surface area (Å²) in [7, 11) is 0. The van der Waals surface area contributed by atoms with Crippen molar-refractivity contribution >= 4 is 28.3 Å². The first kappa shape index (κ1) is 18.1. The molecule has 0 fully saturated rings. The van der Waals surface area contributed by atoms with Crippen LogP contribution in [0.2, 0.25) is 0 Å². The Balaban J connectivity index is 1.65. The molecular weight excluding hydrogens is 386 g/mol. The number of thiazole rings is 1. The van der Waals surface area contributed by atoms with Crippen LogP contribution in [-0.4, -0.2) is 30.5 Å². The number of carbonyl (C=O) groups is 1. The van der Waals surface area contributed by atoms with Gasteiger partial charge in [-0.05, 0) is 26.0 Å². The molecule has 0 spiro atoms. The zero-order valence-corrected chi connectivity index (χ0v) is 15.7. The standard InChI is InChI=1S/C18H14F2N6OS/c1-9-8-28-18(23-9)16-22-6-11(10(2)24-16)17(27)25-26-7-12(15(19)20)14-13(26)4-3-5-21-14/h3-8,15H,1-2H3,(H,25,27). The zero-order valence-electron chi connectivity index (χ0n) is 14.8. The molecule has 4 aromatic rings. The average molecular weight is 400 g/mol. The van der Waals surface area contributed by atoms with Crippen LogP contribution in [0.5, 0.6) is 0 Å². The molecular formula is C18H14F2N6OS. The van der Waals surface area contributed by atoms with E-state index in [9.17, 15) is 13.6 Å². The number of hydrogen-bond acceptors (Lipinski definition) is 6. The molecule has 1 N–H and O–H groups in total. The van der Waals surface area contributed by atoms with Crippen LogP contribution in [0.15, 0.2) is 36.1 Å². The van der Waals surface area contributed by atoms with Crippen LogP contribution in [0, 0.1) is 13.8 Å². The van der Waals surface area contributed by atoms with Gasteiger partial charge in [0.25, 0.3) is 12.3 Å². The molecule has 0 saturated heterocycles. The predicted octanol–water partition coefficient (Wildman–Crippen LogP) is 3.89. The van der Waals surface area contributed by atoms with Crippen molar-refractivity contribution < 1.29 is 13.6 Å². The molecule has 0 aliphatic carbocycles. The van der Waals surface area contributed by atoms with Crippen LogP contribution in [0.25, 0.3) is 21.9 Å². The molecule has 0 saturated carbocycles. The summed E-state index contributed by atoms with van der Waals surface area (Å²) in [5.41, 5.74) is 4.42. The molecule has 4 rings (SSSR count). The Labute approximate surface area is 162 Å². The Morgan fingerprint density at radius 2 is 2.07 bits per heavy atom. The topological polar surface area (TPSA) is 85.6 Å². The highest BCUT2D eigenvalue weighted by Gasteiger charge is 2.20. The lowest BCUT2D eigenvalue weighted by Crippen LogP contribution is -2.23. The quantitative estimate of drug-likeness (QED) is 0.562. The molecule has 0 aliphatic heterocycles. The van der Waals surface area contributed by atoms with Gasteiger partial charge in [-0.2, -0.15) is 0 Å². The van der Waals surface area contributed by atoms with Gasteiger partial charge >= 0.3 is 0 Å². The summed E-state index contributed by atoms with van der Waals surface area (Å²) in [6, 6.07) is 3.21. The van der Waals surface area contributed by atoms with Gasteiger partial charge in [0.05, 0.1) is 27.9 Å². The van der Waals surface area contributed by atoms with Gasteiger partial charge < -0.3 is 0 Å². The van der Waals surface area contributed by atoms with Crippen molar-refractivity contribution in [3.05, 3.63) is 58.6 Å². The van der Waals surface area contributed by atoms with Gasteiger partial charge in [0, 0.05) is 29.7 Å². The van der Waals surface area contributed by atoms with Gasteiger partial charge in [-0.15, -0.1) is 11.3 Å². The number of fused-ring (bicyclic) bond motifs is 1. The normalized spacial score (nSPS) is 11.3. The molecule has 0 aromatic carbocycles. The van der Waals surface area contributed by atoms with Crippen molar-refractivity contribution in [1.29, 1.82) is 0 Å². The minimum Gasteiger partial charge on any atom is -0.267 e. The number of rotatable bonds is 4. The highest BCUT2D eigenvalue weighted by Crippen LogP contribution is 2.27. The van der Waals surface area contributed by atoms with Crippen molar-refractivity contribution in [2.45, 2.75) is 20.3 Å². The van der Waals surface area contributed by atoms with E-state index in [1.54, 1.807) is 19.1 Å². The van der Waals surface area contributed by atoms with Gasteiger partial charge in [-0.25, -0.2) is 23.7 Å². The highest BCUT2D eigenvalue weighted by molar-refractivity contribution is 7.13. The van der Waals surface area contributed by atoms with E-state index in [4.69, 9.17) is 0 Å². The number of aryl methyl sites for hydroxylation is 2. The second kappa shape index (κ2) is 7.04. The van der Waals surface area contributed by atoms with Crippen molar-refractivity contribution in [2.75, 3.05) is 5.43 Å². The molecule has 142 valence electrons. The Hall–Kier alpha value is -3.27. The van der Waals surface area contributed by atoms with Gasteiger partial charge in [-0.1, -0.05) is 0 Å². The molecule has 0 atom stereocenters. The molecule has 4 aromatic heterocycles. The lowest BCUT2D eigenvalue weighted by molar-refractivity contribution is 0.101. The van der Waals surface area contributed by atoms with Crippen LogP contribution in [0.3, 0.4) is 0 Å². The van der Waals surface area contributed by atoms with E-state index in [-0.39, 0.29) is 16.6 Å². The molecule has 1 amide bonds. The van der Waals surface area contributed by atoms with Gasteiger partial charge in [0.1, 0.15) is 0 Å². The van der Waals surface area contributed by atoms with E-state index in [0.29, 0.717) is 22.0 Å². The fourth-order valence-corrected chi connectivity index (χ4v) is 3.49. The van der Waals surface area contributed by atoms with E-state index in [2.05, 4.69) is 25.4 Å². The van der Waals surface area contributed by atoms with Gasteiger partial charge in [0.15, 0.2) is 10.8 Å². The second-order valence-electron chi connectivity index (χ2n) is 6.05. The largest absolute Gasteiger partial charge is 0.273 e. The zero-order chi connectivity index (χ0) is 19.8. The predicted molar refractivity (Wildman–Crippen MR) is 101 cm³/mol. The molecule has 28 heavy (non-hydrogen) atoms. The number of aromatic nitrogens is 5. The van der Waals surface area contributed by atoms with Crippen molar-refractivity contribution in [3.63, 3.8) is 0 Å². The molecule has 4 heterocycles. The lowest BCUT2D eigenvalue weighted by Gasteiger charge is -2.09. The maximum absolute atomic E-state index is 13.3. The molecule has 0 radical (unpaired) electrons. The average Bonchev–Trinajstić information content (AvgIpc) is 3.26. The number of carbonyl (C=O) groups excluding carboxylic acids is 1.